The average Bonchev–Trinajstić information content (AvgIpc) is 2.78. The molecule has 1 aliphatic rings. The number of carbonyl (C=O) groups excluding carboxylic acids is 1. The van der Waals surface area contributed by atoms with Crippen molar-refractivity contribution in [2.24, 2.45) is 4.40 Å². The molecule has 10 heteroatoms. The molecule has 0 spiro atoms. The van der Waals surface area contributed by atoms with Crippen molar-refractivity contribution in [3.05, 3.63) is 70.1 Å². The van der Waals surface area contributed by atoms with Gasteiger partial charge in [0.15, 0.2) is 0 Å². The van der Waals surface area contributed by atoms with Crippen LogP contribution < -0.4 is 15.8 Å². The molecule has 0 bridgehead atoms. The zero-order chi connectivity index (χ0) is 24.5. The SMILES string of the molecule is CCCCN1C(C)=NS(=O)(=O)c2cc(C(=O)Nc3cccc(-c4nc(C)cc(=O)[nH]4)c3)ccc21. The maximum atomic E-state index is 13.0. The molecule has 2 aromatic carbocycles. The van der Waals surface area contributed by atoms with Gasteiger partial charge in [0.2, 0.25) is 0 Å². The topological polar surface area (TPSA) is 125 Å². The molecule has 0 unspecified atom stereocenters. The third-order valence-electron chi connectivity index (χ3n) is 5.43. The highest BCUT2D eigenvalue weighted by Gasteiger charge is 2.29. The summed E-state index contributed by atoms with van der Waals surface area (Å²) in [4.78, 5) is 33.6. The summed E-state index contributed by atoms with van der Waals surface area (Å²) in [6, 6.07) is 12.9. The number of aromatic amines is 1. The Hall–Kier alpha value is -3.79. The summed E-state index contributed by atoms with van der Waals surface area (Å²) in [5.74, 6) is 0.339. The third kappa shape index (κ3) is 4.76. The summed E-state index contributed by atoms with van der Waals surface area (Å²) in [7, 11) is -3.90. The predicted octanol–water partition coefficient (Wildman–Crippen LogP) is 3.72. The fraction of sp³-hybridized carbons (Fsp3) is 0.250. The molecule has 0 radical (unpaired) electrons. The fourth-order valence-electron chi connectivity index (χ4n) is 3.79. The van der Waals surface area contributed by atoms with E-state index in [2.05, 4.69) is 26.6 Å². The molecular weight excluding hydrogens is 454 g/mol. The highest BCUT2D eigenvalue weighted by Crippen LogP contribution is 2.33. The third-order valence-corrected chi connectivity index (χ3v) is 6.82. The molecule has 3 aromatic rings. The van der Waals surface area contributed by atoms with E-state index < -0.39 is 15.9 Å². The molecule has 0 atom stereocenters. The molecule has 0 aliphatic carbocycles. The van der Waals surface area contributed by atoms with Gasteiger partial charge in [-0.25, -0.2) is 4.98 Å². The van der Waals surface area contributed by atoms with E-state index in [-0.39, 0.29) is 16.0 Å². The molecule has 2 N–H and O–H groups in total. The number of carbonyl (C=O) groups is 1. The van der Waals surface area contributed by atoms with Crippen LogP contribution in [0, 0.1) is 6.92 Å². The quantitative estimate of drug-likeness (QED) is 0.555. The summed E-state index contributed by atoms with van der Waals surface area (Å²) < 4.78 is 29.3. The van der Waals surface area contributed by atoms with Crippen molar-refractivity contribution >= 4 is 33.1 Å². The molecule has 34 heavy (non-hydrogen) atoms. The number of anilines is 2. The zero-order valence-corrected chi connectivity index (χ0v) is 19.9. The van der Waals surface area contributed by atoms with Crippen LogP contribution in [-0.2, 0) is 10.0 Å². The minimum Gasteiger partial charge on any atom is -0.328 e. The Balaban J connectivity index is 1.63. The number of aryl methyl sites for hydroxylation is 1. The smallest absolute Gasteiger partial charge is 0.286 e. The molecule has 0 fully saturated rings. The van der Waals surface area contributed by atoms with Crippen molar-refractivity contribution in [1.29, 1.82) is 0 Å². The Kier molecular flexibility index (Phi) is 6.34. The number of fused-ring (bicyclic) bond motifs is 1. The summed E-state index contributed by atoms with van der Waals surface area (Å²) in [6.45, 7) is 6.09. The standard InChI is InChI=1S/C24H25N5O4S/c1-4-5-11-29-16(3)28-34(32,33)21-14-18(9-10-20(21)29)24(31)26-19-8-6-7-17(13-19)23-25-15(2)12-22(30)27-23/h6-10,12-14H,4-5,11H2,1-3H3,(H,26,31)(H,25,27,30). The monoisotopic (exact) mass is 479 g/mol. The second-order valence-electron chi connectivity index (χ2n) is 8.07. The van der Waals surface area contributed by atoms with Crippen LogP contribution in [-0.4, -0.2) is 36.7 Å². The lowest BCUT2D eigenvalue weighted by Gasteiger charge is -2.29. The predicted molar refractivity (Wildman–Crippen MR) is 132 cm³/mol. The van der Waals surface area contributed by atoms with Crippen molar-refractivity contribution in [3.63, 3.8) is 0 Å². The molecule has 0 saturated carbocycles. The number of benzene rings is 2. The van der Waals surface area contributed by atoms with Gasteiger partial charge < -0.3 is 15.2 Å². The first-order valence-electron chi connectivity index (χ1n) is 10.9. The van der Waals surface area contributed by atoms with Crippen molar-refractivity contribution in [1.82, 2.24) is 9.97 Å². The van der Waals surface area contributed by atoms with Gasteiger partial charge in [0.1, 0.15) is 16.6 Å². The minimum absolute atomic E-state index is 0.0112. The van der Waals surface area contributed by atoms with Gasteiger partial charge in [-0.05, 0) is 50.6 Å². The highest BCUT2D eigenvalue weighted by molar-refractivity contribution is 7.90. The molecular formula is C24H25N5O4S. The molecule has 1 amide bonds. The molecule has 1 aliphatic heterocycles. The van der Waals surface area contributed by atoms with E-state index in [4.69, 9.17) is 0 Å². The van der Waals surface area contributed by atoms with E-state index in [1.165, 1.54) is 12.1 Å². The normalized spacial score (nSPS) is 14.3. The fourth-order valence-corrected chi connectivity index (χ4v) is 5.06. The Morgan fingerprint density at radius 1 is 1.12 bits per heavy atom. The van der Waals surface area contributed by atoms with Gasteiger partial charge in [0.05, 0.1) is 5.69 Å². The number of aromatic nitrogens is 2. The molecule has 9 nitrogen and oxygen atoms in total. The van der Waals surface area contributed by atoms with Crippen molar-refractivity contribution in [2.75, 3.05) is 16.8 Å². The number of amides is 1. The van der Waals surface area contributed by atoms with Crippen LogP contribution in [0.1, 0.15) is 42.7 Å². The van der Waals surface area contributed by atoms with Crippen LogP contribution in [0.5, 0.6) is 0 Å². The van der Waals surface area contributed by atoms with Gasteiger partial charge in [-0.15, -0.1) is 4.40 Å². The maximum absolute atomic E-state index is 13.0. The number of sulfonamides is 1. The Morgan fingerprint density at radius 2 is 1.91 bits per heavy atom. The Morgan fingerprint density at radius 3 is 2.65 bits per heavy atom. The van der Waals surface area contributed by atoms with Gasteiger partial charge in [-0.1, -0.05) is 25.5 Å². The van der Waals surface area contributed by atoms with Crippen LogP contribution in [0.3, 0.4) is 0 Å². The van der Waals surface area contributed by atoms with E-state index in [1.807, 2.05) is 4.90 Å². The molecule has 0 saturated heterocycles. The Bertz CT molecular complexity index is 1460. The molecule has 176 valence electrons. The number of hydrogen-bond donors (Lipinski definition) is 2. The number of rotatable bonds is 6. The van der Waals surface area contributed by atoms with E-state index >= 15 is 0 Å². The van der Waals surface area contributed by atoms with Gasteiger partial charge in [0, 0.05) is 35.1 Å². The number of H-pyrrole nitrogens is 1. The minimum atomic E-state index is -3.90. The largest absolute Gasteiger partial charge is 0.328 e. The molecule has 4 rings (SSSR count). The van der Waals surface area contributed by atoms with E-state index in [0.29, 0.717) is 40.8 Å². The summed E-state index contributed by atoms with van der Waals surface area (Å²) in [6.07, 6.45) is 1.84. The number of nitrogens with zero attached hydrogens (tertiary/aromatic N) is 3. The number of amidine groups is 1. The van der Waals surface area contributed by atoms with Crippen LogP contribution in [0.4, 0.5) is 11.4 Å². The summed E-state index contributed by atoms with van der Waals surface area (Å²) in [5, 5.41) is 2.78. The first kappa shape index (κ1) is 23.4. The van der Waals surface area contributed by atoms with Crippen LogP contribution in [0.2, 0.25) is 0 Å². The Labute approximate surface area is 197 Å². The molecule has 1 aromatic heterocycles. The van der Waals surface area contributed by atoms with Crippen molar-refractivity contribution < 1.29 is 13.2 Å². The van der Waals surface area contributed by atoms with Crippen molar-refractivity contribution in [3.8, 4) is 11.4 Å². The van der Waals surface area contributed by atoms with Gasteiger partial charge in [0.25, 0.3) is 21.5 Å². The first-order chi connectivity index (χ1) is 16.2. The lowest BCUT2D eigenvalue weighted by molar-refractivity contribution is 0.102. The second-order valence-corrected chi connectivity index (χ2v) is 9.64. The van der Waals surface area contributed by atoms with E-state index in [9.17, 15) is 18.0 Å². The number of nitrogens with one attached hydrogen (secondary N) is 2. The lowest BCUT2D eigenvalue weighted by atomic mass is 10.1. The number of hydrogen-bond acceptors (Lipinski definition) is 6. The summed E-state index contributed by atoms with van der Waals surface area (Å²) in [5.41, 5.74) is 2.13. The van der Waals surface area contributed by atoms with Gasteiger partial charge in [-0.3, -0.25) is 9.59 Å². The lowest BCUT2D eigenvalue weighted by Crippen LogP contribution is -2.34. The van der Waals surface area contributed by atoms with E-state index in [1.54, 1.807) is 50.2 Å². The molecule has 2 heterocycles. The average molecular weight is 480 g/mol. The van der Waals surface area contributed by atoms with E-state index in [0.717, 1.165) is 12.8 Å². The zero-order valence-electron chi connectivity index (χ0n) is 19.1. The van der Waals surface area contributed by atoms with Gasteiger partial charge in [-0.2, -0.15) is 8.42 Å². The second kappa shape index (κ2) is 9.22. The maximum Gasteiger partial charge on any atom is 0.286 e. The first-order valence-corrected chi connectivity index (χ1v) is 12.3. The highest BCUT2D eigenvalue weighted by atomic mass is 32.2. The van der Waals surface area contributed by atoms with Crippen LogP contribution in [0.25, 0.3) is 11.4 Å². The van der Waals surface area contributed by atoms with Gasteiger partial charge >= 0.3 is 0 Å². The number of unbranched alkanes of at least 4 members (excludes halogenated alkanes) is 1. The summed E-state index contributed by atoms with van der Waals surface area (Å²) >= 11 is 0. The van der Waals surface area contributed by atoms with Crippen LogP contribution in [0.15, 0.2) is 62.6 Å². The van der Waals surface area contributed by atoms with Crippen molar-refractivity contribution in [2.45, 2.75) is 38.5 Å². The van der Waals surface area contributed by atoms with Crippen LogP contribution >= 0.6 is 0 Å².